The first-order chi connectivity index (χ1) is 12.0. The SMILES string of the molecule is CC(=O)Nc1ccc(F)c(C(=O)OCc2oc3ccccc3c2C)c1. The Balaban J connectivity index is 1.78. The van der Waals surface area contributed by atoms with E-state index in [1.165, 1.54) is 19.1 Å². The first kappa shape index (κ1) is 16.7. The molecule has 0 aliphatic carbocycles. The van der Waals surface area contributed by atoms with Crippen LogP contribution in [-0.4, -0.2) is 11.9 Å². The Morgan fingerprint density at radius 1 is 1.20 bits per heavy atom. The van der Waals surface area contributed by atoms with Gasteiger partial charge in [-0.15, -0.1) is 0 Å². The van der Waals surface area contributed by atoms with Gasteiger partial charge in [0.25, 0.3) is 0 Å². The van der Waals surface area contributed by atoms with Crippen LogP contribution in [0.4, 0.5) is 10.1 Å². The molecule has 5 nitrogen and oxygen atoms in total. The van der Waals surface area contributed by atoms with E-state index in [4.69, 9.17) is 9.15 Å². The van der Waals surface area contributed by atoms with Gasteiger partial charge in [0.1, 0.15) is 23.8 Å². The van der Waals surface area contributed by atoms with Crippen molar-refractivity contribution in [2.24, 2.45) is 0 Å². The van der Waals surface area contributed by atoms with Gasteiger partial charge in [-0.25, -0.2) is 9.18 Å². The van der Waals surface area contributed by atoms with Crippen LogP contribution < -0.4 is 5.32 Å². The first-order valence-electron chi connectivity index (χ1n) is 7.67. The second-order valence-electron chi connectivity index (χ2n) is 5.60. The van der Waals surface area contributed by atoms with Crippen LogP contribution in [0.3, 0.4) is 0 Å². The number of carbonyl (C=O) groups is 2. The van der Waals surface area contributed by atoms with E-state index < -0.39 is 11.8 Å². The highest BCUT2D eigenvalue weighted by Crippen LogP contribution is 2.26. The maximum absolute atomic E-state index is 13.9. The number of carbonyl (C=O) groups excluding carboxylic acids is 2. The van der Waals surface area contributed by atoms with Gasteiger partial charge in [-0.1, -0.05) is 18.2 Å². The molecule has 128 valence electrons. The zero-order valence-electron chi connectivity index (χ0n) is 13.8. The summed E-state index contributed by atoms with van der Waals surface area (Å²) < 4.78 is 24.7. The van der Waals surface area contributed by atoms with Crippen molar-refractivity contribution in [3.05, 3.63) is 65.2 Å². The molecule has 0 atom stereocenters. The summed E-state index contributed by atoms with van der Waals surface area (Å²) in [6.07, 6.45) is 0. The molecule has 1 amide bonds. The van der Waals surface area contributed by atoms with Crippen molar-refractivity contribution in [2.75, 3.05) is 5.32 Å². The minimum Gasteiger partial charge on any atom is -0.457 e. The maximum atomic E-state index is 13.9. The molecule has 0 saturated carbocycles. The van der Waals surface area contributed by atoms with Crippen LogP contribution in [0.15, 0.2) is 46.9 Å². The van der Waals surface area contributed by atoms with E-state index in [-0.39, 0.29) is 18.1 Å². The van der Waals surface area contributed by atoms with Gasteiger partial charge >= 0.3 is 5.97 Å². The number of furan rings is 1. The molecule has 0 unspecified atom stereocenters. The molecule has 0 saturated heterocycles. The molecular formula is C19H16FNO4. The minimum atomic E-state index is -0.829. The third kappa shape index (κ3) is 3.52. The smallest absolute Gasteiger partial charge is 0.341 e. The Morgan fingerprint density at radius 3 is 2.68 bits per heavy atom. The van der Waals surface area contributed by atoms with Crippen LogP contribution in [0, 0.1) is 12.7 Å². The number of hydrogen-bond acceptors (Lipinski definition) is 4. The molecule has 0 aliphatic rings. The summed E-state index contributed by atoms with van der Waals surface area (Å²) in [5, 5.41) is 3.43. The number of rotatable bonds is 4. The fraction of sp³-hybridized carbons (Fsp3) is 0.158. The van der Waals surface area contributed by atoms with Crippen LogP contribution in [0.25, 0.3) is 11.0 Å². The number of hydrogen-bond donors (Lipinski definition) is 1. The van der Waals surface area contributed by atoms with E-state index in [1.807, 2.05) is 31.2 Å². The van der Waals surface area contributed by atoms with Crippen molar-refractivity contribution < 1.29 is 23.1 Å². The van der Waals surface area contributed by atoms with Crippen LogP contribution in [-0.2, 0) is 16.1 Å². The average molecular weight is 341 g/mol. The van der Waals surface area contributed by atoms with E-state index in [0.29, 0.717) is 17.0 Å². The summed E-state index contributed by atoms with van der Waals surface area (Å²) in [5.41, 5.74) is 1.64. The van der Waals surface area contributed by atoms with Gasteiger partial charge in [0.05, 0.1) is 5.56 Å². The molecule has 1 heterocycles. The Hall–Kier alpha value is -3.15. The molecule has 25 heavy (non-hydrogen) atoms. The van der Waals surface area contributed by atoms with Gasteiger partial charge in [-0.3, -0.25) is 4.79 Å². The van der Waals surface area contributed by atoms with Crippen molar-refractivity contribution in [1.82, 2.24) is 0 Å². The number of amides is 1. The van der Waals surface area contributed by atoms with Crippen LogP contribution >= 0.6 is 0 Å². The number of ether oxygens (including phenoxy) is 1. The second-order valence-corrected chi connectivity index (χ2v) is 5.60. The Morgan fingerprint density at radius 2 is 1.96 bits per heavy atom. The normalized spacial score (nSPS) is 10.7. The molecule has 1 aromatic heterocycles. The van der Waals surface area contributed by atoms with E-state index in [2.05, 4.69) is 5.32 Å². The highest BCUT2D eigenvalue weighted by molar-refractivity contribution is 5.94. The second kappa shape index (κ2) is 6.76. The molecular weight excluding hydrogens is 325 g/mol. The Kier molecular flexibility index (Phi) is 4.52. The summed E-state index contributed by atoms with van der Waals surface area (Å²) in [6, 6.07) is 11.2. The minimum absolute atomic E-state index is 0.108. The van der Waals surface area contributed by atoms with Crippen LogP contribution in [0.5, 0.6) is 0 Å². The predicted octanol–water partition coefficient (Wildman–Crippen LogP) is 4.20. The number of aryl methyl sites for hydroxylation is 1. The van der Waals surface area contributed by atoms with Crippen molar-refractivity contribution >= 4 is 28.5 Å². The lowest BCUT2D eigenvalue weighted by molar-refractivity contribution is -0.114. The van der Waals surface area contributed by atoms with Gasteiger partial charge in [0.15, 0.2) is 0 Å². The number of benzene rings is 2. The molecule has 6 heteroatoms. The number of halogens is 1. The first-order valence-corrected chi connectivity index (χ1v) is 7.67. The van der Waals surface area contributed by atoms with E-state index in [0.717, 1.165) is 17.0 Å². The number of para-hydroxylation sites is 1. The summed E-state index contributed by atoms with van der Waals surface area (Å²) >= 11 is 0. The summed E-state index contributed by atoms with van der Waals surface area (Å²) in [4.78, 5) is 23.3. The molecule has 0 spiro atoms. The van der Waals surface area contributed by atoms with E-state index in [9.17, 15) is 14.0 Å². The molecule has 3 rings (SSSR count). The van der Waals surface area contributed by atoms with Crippen LogP contribution in [0.2, 0.25) is 0 Å². The fourth-order valence-electron chi connectivity index (χ4n) is 2.53. The quantitative estimate of drug-likeness (QED) is 0.722. The standard InChI is InChI=1S/C19H16FNO4/c1-11-14-5-3-4-6-17(14)25-18(11)10-24-19(23)15-9-13(21-12(2)22)7-8-16(15)20/h3-9H,10H2,1-2H3,(H,21,22). The van der Waals surface area contributed by atoms with Crippen molar-refractivity contribution in [2.45, 2.75) is 20.5 Å². The highest BCUT2D eigenvalue weighted by atomic mass is 19.1. The average Bonchev–Trinajstić information content (AvgIpc) is 2.90. The number of anilines is 1. The fourth-order valence-corrected chi connectivity index (χ4v) is 2.53. The van der Waals surface area contributed by atoms with Gasteiger partial charge in [0.2, 0.25) is 5.91 Å². The van der Waals surface area contributed by atoms with Gasteiger partial charge < -0.3 is 14.5 Å². The summed E-state index contributed by atoms with van der Waals surface area (Å²) in [6.45, 7) is 3.09. The third-order valence-electron chi connectivity index (χ3n) is 3.78. The summed E-state index contributed by atoms with van der Waals surface area (Å²) in [5.74, 6) is -1.36. The highest BCUT2D eigenvalue weighted by Gasteiger charge is 2.17. The van der Waals surface area contributed by atoms with Crippen molar-refractivity contribution in [3.63, 3.8) is 0 Å². The van der Waals surface area contributed by atoms with Gasteiger partial charge in [-0.2, -0.15) is 0 Å². The molecule has 1 N–H and O–H groups in total. The largest absolute Gasteiger partial charge is 0.457 e. The number of esters is 1. The van der Waals surface area contributed by atoms with Gasteiger partial charge in [-0.05, 0) is 31.2 Å². The zero-order chi connectivity index (χ0) is 18.0. The van der Waals surface area contributed by atoms with Crippen molar-refractivity contribution in [3.8, 4) is 0 Å². The molecule has 0 bridgehead atoms. The lowest BCUT2D eigenvalue weighted by Gasteiger charge is -2.07. The Labute approximate surface area is 143 Å². The van der Waals surface area contributed by atoms with Crippen LogP contribution in [0.1, 0.15) is 28.6 Å². The lowest BCUT2D eigenvalue weighted by Crippen LogP contribution is -2.10. The number of nitrogens with one attached hydrogen (secondary N) is 1. The molecule has 0 fully saturated rings. The monoisotopic (exact) mass is 341 g/mol. The molecule has 0 aliphatic heterocycles. The third-order valence-corrected chi connectivity index (χ3v) is 3.78. The predicted molar refractivity (Wildman–Crippen MR) is 90.8 cm³/mol. The lowest BCUT2D eigenvalue weighted by atomic mass is 10.1. The Bertz CT molecular complexity index is 961. The number of fused-ring (bicyclic) bond motifs is 1. The van der Waals surface area contributed by atoms with E-state index >= 15 is 0 Å². The topological polar surface area (TPSA) is 68.5 Å². The molecule has 2 aromatic carbocycles. The molecule has 0 radical (unpaired) electrons. The van der Waals surface area contributed by atoms with Gasteiger partial charge in [0, 0.05) is 23.6 Å². The van der Waals surface area contributed by atoms with Crippen molar-refractivity contribution in [1.29, 1.82) is 0 Å². The van der Waals surface area contributed by atoms with E-state index in [1.54, 1.807) is 0 Å². The zero-order valence-corrected chi connectivity index (χ0v) is 13.8. The summed E-state index contributed by atoms with van der Waals surface area (Å²) in [7, 11) is 0. The molecule has 3 aromatic rings. The maximum Gasteiger partial charge on any atom is 0.341 e.